The van der Waals surface area contributed by atoms with Gasteiger partial charge < -0.3 is 0 Å². The predicted octanol–water partition coefficient (Wildman–Crippen LogP) is 12.6. The van der Waals surface area contributed by atoms with Crippen molar-refractivity contribution in [2.45, 2.75) is 0 Å². The molecule has 0 saturated heterocycles. The van der Waals surface area contributed by atoms with Gasteiger partial charge in [-0.25, -0.2) is 29.9 Å². The van der Waals surface area contributed by atoms with Gasteiger partial charge >= 0.3 is 0 Å². The zero-order valence-electron chi connectivity index (χ0n) is 31.6. The highest BCUT2D eigenvalue weighted by molar-refractivity contribution is 5.91. The average molecular weight is 745 g/mol. The summed E-state index contributed by atoms with van der Waals surface area (Å²) in [4.78, 5) is 29.4. The quantitative estimate of drug-likeness (QED) is 0.130. The second kappa shape index (κ2) is 16.0. The van der Waals surface area contributed by atoms with Gasteiger partial charge in [-0.05, 0) is 57.3 Å². The van der Waals surface area contributed by atoms with Gasteiger partial charge in [-0.1, -0.05) is 183 Å². The zero-order chi connectivity index (χ0) is 39.3. The van der Waals surface area contributed by atoms with Crippen molar-refractivity contribution in [1.29, 1.82) is 0 Å². The van der Waals surface area contributed by atoms with Crippen molar-refractivity contribution in [1.82, 2.24) is 29.9 Å². The van der Waals surface area contributed by atoms with Crippen LogP contribution in [0, 0.1) is 0 Å². The van der Waals surface area contributed by atoms with E-state index in [-0.39, 0.29) is 0 Å². The topological polar surface area (TPSA) is 77.3 Å². The molecule has 2 aromatic heterocycles. The maximum atomic E-state index is 4.96. The molecule has 0 amide bonds. The van der Waals surface area contributed by atoms with Crippen molar-refractivity contribution in [2.75, 3.05) is 0 Å². The second-order valence-electron chi connectivity index (χ2n) is 13.7. The molecule has 7 aromatic carbocycles. The fraction of sp³-hybridized carbons (Fsp3) is 0. The van der Waals surface area contributed by atoms with Gasteiger partial charge in [-0.15, -0.1) is 0 Å². The van der Waals surface area contributed by atoms with Gasteiger partial charge in [-0.2, -0.15) is 0 Å². The summed E-state index contributed by atoms with van der Waals surface area (Å²) in [6, 6.07) is 59.9. The zero-order valence-corrected chi connectivity index (χ0v) is 31.6. The largest absolute Gasteiger partial charge is 0.208 e. The maximum absolute atomic E-state index is 4.96. The standard InChI is InChI=1S/C52H36N6/c1-3-16-35(4-2)47-53-48(37-17-8-5-9-18-37)56-51(54-47)44-25-14-23-40(31-44)42-29-27-36-28-30-43(34-46(36)33-42)41-24-15-26-45(32-41)52-57-49(38-19-10-6-11-20-38)55-50(58-52)39-21-12-7-13-22-39/h3-34H,1-2H2/b35-16+. The molecule has 0 fully saturated rings. The van der Waals surface area contributed by atoms with Crippen LogP contribution in [0.3, 0.4) is 0 Å². The summed E-state index contributed by atoms with van der Waals surface area (Å²) in [5.74, 6) is 3.60. The molecule has 0 aliphatic rings. The summed E-state index contributed by atoms with van der Waals surface area (Å²) in [7, 11) is 0. The lowest BCUT2D eigenvalue weighted by Gasteiger charge is -2.11. The van der Waals surface area contributed by atoms with Crippen LogP contribution in [0.2, 0.25) is 0 Å². The summed E-state index contributed by atoms with van der Waals surface area (Å²) in [5.41, 5.74) is 9.65. The van der Waals surface area contributed by atoms with Gasteiger partial charge in [0.05, 0.1) is 0 Å². The van der Waals surface area contributed by atoms with Gasteiger partial charge in [0.2, 0.25) is 0 Å². The minimum atomic E-state index is 0.537. The van der Waals surface area contributed by atoms with Crippen LogP contribution in [0.1, 0.15) is 5.82 Å². The summed E-state index contributed by atoms with van der Waals surface area (Å²) in [6.07, 6.45) is 5.30. The van der Waals surface area contributed by atoms with Gasteiger partial charge in [0.25, 0.3) is 0 Å². The Morgan fingerprint density at radius 2 is 0.690 bits per heavy atom. The van der Waals surface area contributed by atoms with Crippen LogP contribution in [0.15, 0.2) is 207 Å². The second-order valence-corrected chi connectivity index (χ2v) is 13.7. The van der Waals surface area contributed by atoms with E-state index in [1.54, 1.807) is 12.2 Å². The molecule has 0 bridgehead atoms. The average Bonchev–Trinajstić information content (AvgIpc) is 3.31. The molecule has 0 N–H and O–H groups in total. The van der Waals surface area contributed by atoms with E-state index in [9.17, 15) is 0 Å². The van der Waals surface area contributed by atoms with E-state index in [1.165, 1.54) is 0 Å². The third kappa shape index (κ3) is 7.50. The number of hydrogen-bond donors (Lipinski definition) is 0. The molecule has 9 aromatic rings. The van der Waals surface area contributed by atoms with Crippen LogP contribution in [0.25, 0.3) is 95.5 Å². The highest BCUT2D eigenvalue weighted by Gasteiger charge is 2.15. The van der Waals surface area contributed by atoms with Crippen LogP contribution < -0.4 is 0 Å². The summed E-state index contributed by atoms with van der Waals surface area (Å²) >= 11 is 0. The fourth-order valence-electron chi connectivity index (χ4n) is 6.93. The molecule has 0 atom stereocenters. The molecule has 0 saturated carbocycles. The smallest absolute Gasteiger partial charge is 0.164 e. The Morgan fingerprint density at radius 1 is 0.328 bits per heavy atom. The number of benzene rings is 7. The van der Waals surface area contributed by atoms with Gasteiger partial charge in [0, 0.05) is 33.4 Å². The molecular weight excluding hydrogens is 709 g/mol. The highest BCUT2D eigenvalue weighted by Crippen LogP contribution is 2.33. The van der Waals surface area contributed by atoms with Crippen molar-refractivity contribution < 1.29 is 0 Å². The number of hydrogen-bond acceptors (Lipinski definition) is 6. The molecule has 6 nitrogen and oxygen atoms in total. The fourth-order valence-corrected chi connectivity index (χ4v) is 6.93. The molecule has 9 rings (SSSR count). The van der Waals surface area contributed by atoms with Crippen molar-refractivity contribution in [3.05, 3.63) is 213 Å². The SMILES string of the molecule is C=C/C=C(\C=C)c1nc(-c2ccccc2)nc(-c2cccc(-c3ccc4ccc(-c5cccc(-c6nc(-c7ccccc7)nc(-c7ccccc7)n6)c5)cc4c3)c2)n1. The number of aromatic nitrogens is 6. The van der Waals surface area contributed by atoms with E-state index in [1.807, 2.05) is 109 Å². The van der Waals surface area contributed by atoms with Crippen molar-refractivity contribution in [3.8, 4) is 79.2 Å². The molecule has 58 heavy (non-hydrogen) atoms. The van der Waals surface area contributed by atoms with E-state index in [0.29, 0.717) is 34.9 Å². The summed E-state index contributed by atoms with van der Waals surface area (Å²) in [6.45, 7) is 7.85. The van der Waals surface area contributed by atoms with Crippen LogP contribution in [-0.2, 0) is 0 Å². The highest BCUT2D eigenvalue weighted by atomic mass is 15.0. The van der Waals surface area contributed by atoms with Crippen LogP contribution in [-0.4, -0.2) is 29.9 Å². The van der Waals surface area contributed by atoms with Crippen molar-refractivity contribution in [3.63, 3.8) is 0 Å². The van der Waals surface area contributed by atoms with Gasteiger partial charge in [0.1, 0.15) is 0 Å². The molecule has 274 valence electrons. The Hall–Kier alpha value is -7.96. The first-order chi connectivity index (χ1) is 28.6. The lowest BCUT2D eigenvalue weighted by molar-refractivity contribution is 1.04. The molecule has 0 aliphatic carbocycles. The normalized spacial score (nSPS) is 11.3. The molecule has 6 heteroatoms. The van der Waals surface area contributed by atoms with Crippen LogP contribution in [0.4, 0.5) is 0 Å². The third-order valence-electron chi connectivity index (χ3n) is 9.89. The summed E-state index contributed by atoms with van der Waals surface area (Å²) in [5, 5.41) is 2.28. The van der Waals surface area contributed by atoms with E-state index in [0.717, 1.165) is 66.4 Å². The molecule has 2 heterocycles. The molecule has 0 unspecified atom stereocenters. The van der Waals surface area contributed by atoms with Gasteiger partial charge in [-0.3, -0.25) is 0 Å². The first-order valence-corrected chi connectivity index (χ1v) is 19.0. The van der Waals surface area contributed by atoms with Crippen molar-refractivity contribution in [2.24, 2.45) is 0 Å². The Bertz CT molecular complexity index is 2920. The van der Waals surface area contributed by atoms with E-state index < -0.39 is 0 Å². The molecule has 0 aliphatic heterocycles. The first-order valence-electron chi connectivity index (χ1n) is 19.0. The number of rotatable bonds is 10. The predicted molar refractivity (Wildman–Crippen MR) is 237 cm³/mol. The molecular formula is C52H36N6. The Kier molecular flexibility index (Phi) is 9.87. The lowest BCUT2D eigenvalue weighted by Crippen LogP contribution is -2.02. The Labute approximate surface area is 337 Å². The van der Waals surface area contributed by atoms with Crippen LogP contribution in [0.5, 0.6) is 0 Å². The first kappa shape index (κ1) is 35.7. The van der Waals surface area contributed by atoms with E-state index >= 15 is 0 Å². The number of fused-ring (bicyclic) bond motifs is 1. The van der Waals surface area contributed by atoms with E-state index in [4.69, 9.17) is 29.9 Å². The van der Waals surface area contributed by atoms with Gasteiger partial charge in [0.15, 0.2) is 34.9 Å². The van der Waals surface area contributed by atoms with Crippen LogP contribution >= 0.6 is 0 Å². The minimum Gasteiger partial charge on any atom is -0.208 e. The molecule has 0 radical (unpaired) electrons. The summed E-state index contributed by atoms with van der Waals surface area (Å²) < 4.78 is 0. The Morgan fingerprint density at radius 3 is 1.12 bits per heavy atom. The number of nitrogens with zero attached hydrogens (tertiary/aromatic N) is 6. The third-order valence-corrected chi connectivity index (χ3v) is 9.89. The Balaban J connectivity index is 1.07. The number of allylic oxidation sites excluding steroid dienone is 4. The monoisotopic (exact) mass is 744 g/mol. The van der Waals surface area contributed by atoms with E-state index in [2.05, 4.69) is 86.0 Å². The minimum absolute atomic E-state index is 0.537. The van der Waals surface area contributed by atoms with Crippen molar-refractivity contribution >= 4 is 16.3 Å². The molecule has 0 spiro atoms. The lowest BCUT2D eigenvalue weighted by atomic mass is 9.96. The maximum Gasteiger partial charge on any atom is 0.164 e.